The molecule has 0 saturated heterocycles. The summed E-state index contributed by atoms with van der Waals surface area (Å²) in [5.74, 6) is 0. The lowest BCUT2D eigenvalue weighted by atomic mass is 27.1. The van der Waals surface area contributed by atoms with E-state index in [0.29, 0.717) is 0 Å². The first-order chi connectivity index (χ1) is 2.00. The summed E-state index contributed by atoms with van der Waals surface area (Å²) in [6.45, 7) is 0. The van der Waals surface area contributed by atoms with E-state index < -0.39 is 3.45 Å². The molecule has 0 nitrogen and oxygen atoms in total. The molecule has 5 heavy (non-hydrogen) atoms. The molecule has 0 aliphatic rings. The van der Waals surface area contributed by atoms with Gasteiger partial charge in [-0.05, 0) is 0 Å². The van der Waals surface area contributed by atoms with Gasteiger partial charge in [-0.1, -0.05) is 0 Å². The van der Waals surface area contributed by atoms with Crippen molar-refractivity contribution in [2.75, 3.05) is 0 Å². The average Bonchev–Trinajstić information content (AvgIpc) is 0.722. The lowest BCUT2D eigenvalue weighted by Crippen LogP contribution is -2.03. The summed E-state index contributed by atoms with van der Waals surface area (Å²) in [4.78, 5) is 0. The van der Waals surface area contributed by atoms with Crippen LogP contribution < -0.4 is 0 Å². The van der Waals surface area contributed by atoms with Gasteiger partial charge in [-0.3, -0.25) is 0 Å². The average molecular weight is 299 g/mol. The molecule has 0 aromatic heterocycles. The van der Waals surface area contributed by atoms with E-state index in [-0.39, 0.29) is 0 Å². The summed E-state index contributed by atoms with van der Waals surface area (Å²) in [6.07, 6.45) is 0. The molecule has 0 aromatic carbocycles. The summed E-state index contributed by atoms with van der Waals surface area (Å²) in [5, 5.41) is 0. The predicted molar refractivity (Wildman–Crippen MR) is 42.5 cm³/mol. The van der Waals surface area contributed by atoms with E-state index in [9.17, 15) is 0 Å². The van der Waals surface area contributed by atoms with E-state index in [1.54, 1.807) is 0 Å². The molecule has 32 valence electrons. The van der Waals surface area contributed by atoms with E-state index in [0.717, 1.165) is 0 Å². The van der Waals surface area contributed by atoms with Gasteiger partial charge in [0.2, 0.25) is 3.45 Å². The maximum Gasteiger partial charge on any atom is 0.243 e. The highest BCUT2D eigenvalue weighted by molar-refractivity contribution is 9.73. The molecule has 0 N–H and O–H groups in total. The Morgan fingerprint density at radius 1 is 1.20 bits per heavy atom. The highest BCUT2D eigenvalue weighted by Gasteiger charge is 2.10. The molecular formula is H3Br3Si2. The summed E-state index contributed by atoms with van der Waals surface area (Å²) in [6, 6.07) is 0. The van der Waals surface area contributed by atoms with Crippen molar-refractivity contribution < 1.29 is 0 Å². The summed E-state index contributed by atoms with van der Waals surface area (Å²) in [7, 11) is 1.20. The van der Waals surface area contributed by atoms with Gasteiger partial charge in [-0.25, -0.2) is 0 Å². The van der Waals surface area contributed by atoms with Crippen molar-refractivity contribution in [3.63, 3.8) is 0 Å². The second-order valence-corrected chi connectivity index (χ2v) is 43.9. The van der Waals surface area contributed by atoms with Crippen LogP contribution in [-0.4, -0.2) is 13.2 Å². The fourth-order valence-electron chi connectivity index (χ4n) is 0. The van der Waals surface area contributed by atoms with Crippen LogP contribution in [0, 0.1) is 0 Å². The molecule has 0 atom stereocenters. The van der Waals surface area contributed by atoms with Crippen LogP contribution >= 0.6 is 45.9 Å². The Morgan fingerprint density at radius 3 is 1.20 bits per heavy atom. The lowest BCUT2D eigenvalue weighted by molar-refractivity contribution is 4.37. The Kier molecular flexibility index (Phi) is 3.09. The molecule has 0 aliphatic carbocycles. The maximum absolute atomic E-state index is 3.41. The molecule has 5 heteroatoms. The zero-order chi connectivity index (χ0) is 4.50. The lowest BCUT2D eigenvalue weighted by Gasteiger charge is -1.92. The van der Waals surface area contributed by atoms with Gasteiger partial charge in [0.05, 0.1) is 0 Å². The van der Waals surface area contributed by atoms with Crippen LogP contribution in [0.1, 0.15) is 0 Å². The quantitative estimate of drug-likeness (QED) is 0.462. The first kappa shape index (κ1) is 6.87. The van der Waals surface area contributed by atoms with Gasteiger partial charge in [0.25, 0.3) is 0 Å². The smallest absolute Gasteiger partial charge is 0.101 e. The third-order valence-electron chi connectivity index (χ3n) is 0. The minimum absolute atomic E-state index is 1.03. The second kappa shape index (κ2) is 2.25. The normalized spacial score (nSPS) is 12.6. The number of hydrogen-bond donors (Lipinski definition) is 0. The minimum atomic E-state index is -1.03. The molecule has 0 unspecified atom stereocenters. The first-order valence-electron chi connectivity index (χ1n) is 1.07. The Bertz CT molecular complexity index is 20.4. The van der Waals surface area contributed by atoms with Crippen molar-refractivity contribution in [1.29, 1.82) is 0 Å². The first-order valence-corrected chi connectivity index (χ1v) is 13.3. The number of hydrogen-bond acceptors (Lipinski definition) is 0. The molecule has 0 fully saturated rings. The van der Waals surface area contributed by atoms with E-state index >= 15 is 0 Å². The fourth-order valence-corrected chi connectivity index (χ4v) is 0. The van der Waals surface area contributed by atoms with Crippen LogP contribution in [0.3, 0.4) is 0 Å². The zero-order valence-electron chi connectivity index (χ0n) is 2.63. The van der Waals surface area contributed by atoms with Crippen molar-refractivity contribution in [3.05, 3.63) is 0 Å². The summed E-state index contributed by atoms with van der Waals surface area (Å²) >= 11 is 10.2. The molecule has 0 amide bonds. The number of rotatable bonds is 0. The molecule has 0 rings (SSSR count). The fraction of sp³-hybridized carbons (Fsp3) is 0. The molecule has 0 bridgehead atoms. The third kappa shape index (κ3) is 25.1. The second-order valence-electron chi connectivity index (χ2n) is 0.781. The van der Waals surface area contributed by atoms with E-state index in [1.807, 2.05) is 0 Å². The van der Waals surface area contributed by atoms with Crippen LogP contribution in [-0.2, 0) is 0 Å². The summed E-state index contributed by atoms with van der Waals surface area (Å²) < 4.78 is -1.03. The van der Waals surface area contributed by atoms with Gasteiger partial charge in [0.1, 0.15) is 0 Å². The Balaban J connectivity index is 3.02. The van der Waals surface area contributed by atoms with Crippen LogP contribution in [0.5, 0.6) is 0 Å². The zero-order valence-corrected chi connectivity index (χ0v) is 10.4. The van der Waals surface area contributed by atoms with Crippen LogP contribution in [0.4, 0.5) is 0 Å². The van der Waals surface area contributed by atoms with Crippen LogP contribution in [0.15, 0.2) is 0 Å². The van der Waals surface area contributed by atoms with E-state index in [1.165, 1.54) is 9.76 Å². The van der Waals surface area contributed by atoms with Gasteiger partial charge in [-0.15, -0.1) is 45.9 Å². The minimum Gasteiger partial charge on any atom is -0.101 e. The van der Waals surface area contributed by atoms with Gasteiger partial charge in [-0.2, -0.15) is 0 Å². The maximum atomic E-state index is 3.41. The monoisotopic (exact) mass is 296 g/mol. The van der Waals surface area contributed by atoms with Crippen molar-refractivity contribution in [3.8, 4) is 0 Å². The van der Waals surface area contributed by atoms with Crippen molar-refractivity contribution in [1.82, 2.24) is 0 Å². The van der Waals surface area contributed by atoms with Crippen LogP contribution in [0.25, 0.3) is 0 Å². The molecule has 0 aromatic rings. The standard InChI is InChI=1S/Br3H3Si2/c1-5(2,3)4/h4H3. The SMILES string of the molecule is [SiH3][Si](Br)(Br)Br. The van der Waals surface area contributed by atoms with Gasteiger partial charge >= 0.3 is 0 Å². The van der Waals surface area contributed by atoms with E-state index in [2.05, 4.69) is 45.9 Å². The molecular weight excluding hydrogens is 296 g/mol. The Labute approximate surface area is 58.7 Å². The molecule has 0 aliphatic heterocycles. The van der Waals surface area contributed by atoms with Crippen LogP contribution in [0.2, 0.25) is 0 Å². The molecule has 0 radical (unpaired) electrons. The van der Waals surface area contributed by atoms with Gasteiger partial charge in [0.15, 0.2) is 0 Å². The topological polar surface area (TPSA) is 0 Å². The molecule has 0 saturated carbocycles. The molecule has 0 spiro atoms. The van der Waals surface area contributed by atoms with Gasteiger partial charge < -0.3 is 0 Å². The third-order valence-corrected chi connectivity index (χ3v) is 0. The Hall–Kier alpha value is 1.87. The highest BCUT2D eigenvalue weighted by atomic mass is 80.0. The summed E-state index contributed by atoms with van der Waals surface area (Å²) in [5.41, 5.74) is 0. The highest BCUT2D eigenvalue weighted by Crippen LogP contribution is 2.21. The predicted octanol–water partition coefficient (Wildman–Crippen LogP) is 0.972. The van der Waals surface area contributed by atoms with Crippen molar-refractivity contribution >= 4 is 59.1 Å². The largest absolute Gasteiger partial charge is 0.243 e. The molecule has 0 heterocycles. The Morgan fingerprint density at radius 2 is 1.20 bits per heavy atom. The van der Waals surface area contributed by atoms with Crippen molar-refractivity contribution in [2.45, 2.75) is 0 Å². The van der Waals surface area contributed by atoms with Crippen molar-refractivity contribution in [2.24, 2.45) is 0 Å². The van der Waals surface area contributed by atoms with Gasteiger partial charge in [0, 0.05) is 9.76 Å². The van der Waals surface area contributed by atoms with E-state index in [4.69, 9.17) is 0 Å². The number of halogens is 3.